The number of fused-ring (bicyclic) bond motifs is 2. The van der Waals surface area contributed by atoms with Crippen LogP contribution in [0.4, 0.5) is 0 Å². The molecular weight excluding hydrogens is 302 g/mol. The summed E-state index contributed by atoms with van der Waals surface area (Å²) in [6.07, 6.45) is 3.56. The fourth-order valence-corrected chi connectivity index (χ4v) is 3.72. The number of nitrogens with one attached hydrogen (secondary N) is 2. The highest BCUT2D eigenvalue weighted by Crippen LogP contribution is 2.48. The molecule has 126 valence electrons. The van der Waals surface area contributed by atoms with Crippen LogP contribution in [0.1, 0.15) is 13.8 Å². The van der Waals surface area contributed by atoms with Gasteiger partial charge in [-0.3, -0.25) is 9.78 Å². The van der Waals surface area contributed by atoms with E-state index in [0.717, 1.165) is 29.6 Å². The van der Waals surface area contributed by atoms with Crippen LogP contribution in [0.5, 0.6) is 5.75 Å². The Bertz CT molecular complexity index is 759. The van der Waals surface area contributed by atoms with E-state index in [2.05, 4.69) is 15.6 Å². The van der Waals surface area contributed by atoms with Crippen LogP contribution in [0.25, 0.3) is 10.8 Å². The molecule has 2 heterocycles. The predicted octanol–water partition coefficient (Wildman–Crippen LogP) is 1.97. The Morgan fingerprint density at radius 3 is 2.83 bits per heavy atom. The van der Waals surface area contributed by atoms with Crippen LogP contribution in [0.2, 0.25) is 0 Å². The third-order valence-corrected chi connectivity index (χ3v) is 5.08. The number of hydrogen-bond donors (Lipinski definition) is 2. The van der Waals surface area contributed by atoms with E-state index in [1.54, 1.807) is 6.20 Å². The molecule has 2 aliphatic rings. The van der Waals surface area contributed by atoms with Crippen molar-refractivity contribution in [3.63, 3.8) is 0 Å². The second kappa shape index (κ2) is 5.74. The van der Waals surface area contributed by atoms with Gasteiger partial charge in [-0.15, -0.1) is 0 Å². The lowest BCUT2D eigenvalue weighted by Crippen LogP contribution is -2.49. The Kier molecular flexibility index (Phi) is 3.68. The number of amides is 1. The molecule has 2 unspecified atom stereocenters. The number of nitrogens with zero attached hydrogens (tertiary/aromatic N) is 1. The van der Waals surface area contributed by atoms with E-state index in [0.29, 0.717) is 18.4 Å². The molecule has 5 nitrogen and oxygen atoms in total. The number of hydrogen-bond acceptors (Lipinski definition) is 4. The number of rotatable bonds is 5. The number of carbonyl (C=O) groups excluding carboxylic acids is 1. The first kappa shape index (κ1) is 15.4. The molecule has 0 radical (unpaired) electrons. The number of benzene rings is 1. The lowest BCUT2D eigenvalue weighted by molar-refractivity contribution is -0.125. The van der Waals surface area contributed by atoms with Crippen LogP contribution in [-0.4, -0.2) is 36.1 Å². The molecule has 24 heavy (non-hydrogen) atoms. The third kappa shape index (κ3) is 2.84. The van der Waals surface area contributed by atoms with Gasteiger partial charge in [0.1, 0.15) is 12.4 Å². The molecule has 1 amide bonds. The third-order valence-electron chi connectivity index (χ3n) is 5.08. The number of piperidine rings is 1. The summed E-state index contributed by atoms with van der Waals surface area (Å²) in [5, 5.41) is 8.56. The molecule has 2 N–H and O–H groups in total. The van der Waals surface area contributed by atoms with E-state index in [-0.39, 0.29) is 11.8 Å². The number of aromatic nitrogens is 1. The Balaban J connectivity index is 1.39. The van der Waals surface area contributed by atoms with Crippen molar-refractivity contribution in [2.24, 2.45) is 17.8 Å². The molecule has 2 atom stereocenters. The predicted molar refractivity (Wildman–Crippen MR) is 92.8 cm³/mol. The van der Waals surface area contributed by atoms with E-state index in [1.807, 2.05) is 44.3 Å². The summed E-state index contributed by atoms with van der Waals surface area (Å²) in [6.45, 7) is 6.36. The van der Waals surface area contributed by atoms with E-state index in [1.165, 1.54) is 0 Å². The first-order valence-corrected chi connectivity index (χ1v) is 8.53. The van der Waals surface area contributed by atoms with Crippen molar-refractivity contribution in [3.05, 3.63) is 36.7 Å². The topological polar surface area (TPSA) is 63.2 Å². The highest BCUT2D eigenvalue weighted by molar-refractivity contribution is 5.87. The van der Waals surface area contributed by atoms with Crippen LogP contribution >= 0.6 is 0 Å². The minimum atomic E-state index is -0.418. The summed E-state index contributed by atoms with van der Waals surface area (Å²) >= 11 is 0. The molecule has 2 aromatic rings. The lowest BCUT2D eigenvalue weighted by Gasteiger charge is -2.27. The molecular formula is C19H23N3O2. The zero-order valence-electron chi connectivity index (χ0n) is 14.1. The maximum atomic E-state index is 12.5. The van der Waals surface area contributed by atoms with Gasteiger partial charge in [-0.2, -0.15) is 0 Å². The van der Waals surface area contributed by atoms with Crippen LogP contribution in [-0.2, 0) is 4.79 Å². The maximum Gasteiger partial charge on any atom is 0.224 e. The maximum absolute atomic E-state index is 12.5. The molecule has 1 saturated heterocycles. The van der Waals surface area contributed by atoms with Gasteiger partial charge >= 0.3 is 0 Å². The normalized spacial score (nSPS) is 25.3. The number of carbonyl (C=O) groups is 1. The standard InChI is InChI=1S/C19H23N3O2/c1-19(2,22-18(23)17-14-8-21-9-15(14)17)11-24-16-10-20-7-12-5-3-4-6-13(12)16/h3-7,10,14-15,17,21H,8-9,11H2,1-2H3,(H,22,23). The summed E-state index contributed by atoms with van der Waals surface area (Å²) in [7, 11) is 0. The van der Waals surface area contributed by atoms with Crippen molar-refractivity contribution >= 4 is 16.7 Å². The first-order chi connectivity index (χ1) is 11.6. The second-order valence-corrected chi connectivity index (χ2v) is 7.53. The van der Waals surface area contributed by atoms with Gasteiger partial charge < -0.3 is 15.4 Å². The average Bonchev–Trinajstić information content (AvgIpc) is 3.06. The van der Waals surface area contributed by atoms with Crippen molar-refractivity contribution < 1.29 is 9.53 Å². The second-order valence-electron chi connectivity index (χ2n) is 7.53. The molecule has 1 aromatic carbocycles. The number of ether oxygens (including phenoxy) is 1. The van der Waals surface area contributed by atoms with Gasteiger partial charge in [0, 0.05) is 22.9 Å². The van der Waals surface area contributed by atoms with Gasteiger partial charge in [-0.25, -0.2) is 0 Å². The minimum absolute atomic E-state index is 0.163. The fourth-order valence-electron chi connectivity index (χ4n) is 3.72. The van der Waals surface area contributed by atoms with E-state index >= 15 is 0 Å². The van der Waals surface area contributed by atoms with Gasteiger partial charge in [0.05, 0.1) is 11.7 Å². The van der Waals surface area contributed by atoms with Crippen LogP contribution in [0, 0.1) is 17.8 Å². The lowest BCUT2D eigenvalue weighted by atomic mass is 10.1. The molecule has 5 heteroatoms. The Labute approximate surface area is 141 Å². The van der Waals surface area contributed by atoms with Crippen LogP contribution in [0.3, 0.4) is 0 Å². The van der Waals surface area contributed by atoms with Crippen molar-refractivity contribution in [1.29, 1.82) is 0 Å². The van der Waals surface area contributed by atoms with Gasteiger partial charge in [0.25, 0.3) is 0 Å². The first-order valence-electron chi connectivity index (χ1n) is 8.53. The summed E-state index contributed by atoms with van der Waals surface area (Å²) in [5.74, 6) is 2.16. The van der Waals surface area contributed by atoms with Crippen LogP contribution in [0.15, 0.2) is 36.7 Å². The molecule has 1 saturated carbocycles. The van der Waals surface area contributed by atoms with Crippen molar-refractivity contribution in [2.75, 3.05) is 19.7 Å². The van der Waals surface area contributed by atoms with E-state index < -0.39 is 5.54 Å². The average molecular weight is 325 g/mol. The van der Waals surface area contributed by atoms with Crippen molar-refractivity contribution in [2.45, 2.75) is 19.4 Å². The fraction of sp³-hybridized carbons (Fsp3) is 0.474. The molecule has 1 aliphatic carbocycles. The zero-order valence-corrected chi connectivity index (χ0v) is 14.1. The molecule has 0 spiro atoms. The highest BCUT2D eigenvalue weighted by Gasteiger charge is 2.57. The summed E-state index contributed by atoms with van der Waals surface area (Å²) < 4.78 is 5.99. The molecule has 2 fully saturated rings. The highest BCUT2D eigenvalue weighted by atomic mass is 16.5. The SMILES string of the molecule is CC(C)(COc1cncc2ccccc12)NC(=O)C1C2CNCC21. The Hall–Kier alpha value is -2.14. The number of pyridine rings is 1. The molecule has 0 bridgehead atoms. The van der Waals surface area contributed by atoms with Gasteiger partial charge in [-0.05, 0) is 38.8 Å². The zero-order chi connectivity index (χ0) is 16.7. The Morgan fingerprint density at radius 2 is 2.04 bits per heavy atom. The smallest absolute Gasteiger partial charge is 0.224 e. The molecule has 4 rings (SSSR count). The van der Waals surface area contributed by atoms with Gasteiger partial charge in [-0.1, -0.05) is 24.3 Å². The summed E-state index contributed by atoms with van der Waals surface area (Å²) in [6, 6.07) is 8.01. The minimum Gasteiger partial charge on any atom is -0.489 e. The quantitative estimate of drug-likeness (QED) is 0.882. The van der Waals surface area contributed by atoms with Crippen molar-refractivity contribution in [3.8, 4) is 5.75 Å². The van der Waals surface area contributed by atoms with Gasteiger partial charge in [0.15, 0.2) is 0 Å². The van der Waals surface area contributed by atoms with Gasteiger partial charge in [0.2, 0.25) is 5.91 Å². The largest absolute Gasteiger partial charge is 0.489 e. The van der Waals surface area contributed by atoms with Crippen LogP contribution < -0.4 is 15.4 Å². The molecule has 1 aliphatic heterocycles. The Morgan fingerprint density at radius 1 is 1.29 bits per heavy atom. The monoisotopic (exact) mass is 325 g/mol. The molecule has 1 aromatic heterocycles. The van der Waals surface area contributed by atoms with E-state index in [9.17, 15) is 4.79 Å². The summed E-state index contributed by atoms with van der Waals surface area (Å²) in [4.78, 5) is 16.7. The van der Waals surface area contributed by atoms with Crippen molar-refractivity contribution in [1.82, 2.24) is 15.6 Å². The van der Waals surface area contributed by atoms with E-state index in [4.69, 9.17) is 4.74 Å². The summed E-state index contributed by atoms with van der Waals surface area (Å²) in [5.41, 5.74) is -0.418.